The number of amides is 4. The zero-order chi connectivity index (χ0) is 45.4. The van der Waals surface area contributed by atoms with Gasteiger partial charge < -0.3 is 33.9 Å². The van der Waals surface area contributed by atoms with Crippen LogP contribution in [0.15, 0.2) is 85.5 Å². The molecule has 0 radical (unpaired) electrons. The summed E-state index contributed by atoms with van der Waals surface area (Å²) in [6.07, 6.45) is 9.36. The number of hydrogen-bond acceptors (Lipinski definition) is 11. The fraction of sp³-hybridized carbons (Fsp3) is 0.435. The Kier molecular flexibility index (Phi) is 15.8. The molecule has 0 bridgehead atoms. The smallest absolute Gasteiger partial charge is 0.323 e. The van der Waals surface area contributed by atoms with E-state index in [-0.39, 0.29) is 35.3 Å². The second-order valence-electron chi connectivity index (χ2n) is 17.7. The van der Waals surface area contributed by atoms with Gasteiger partial charge in [0.2, 0.25) is 0 Å². The van der Waals surface area contributed by atoms with Crippen molar-refractivity contribution in [2.24, 2.45) is 14.1 Å². The van der Waals surface area contributed by atoms with Crippen molar-refractivity contribution in [2.45, 2.75) is 51.7 Å². The maximum atomic E-state index is 12.8. The Bertz CT molecular complexity index is 2480. The van der Waals surface area contributed by atoms with Crippen molar-refractivity contribution in [3.63, 3.8) is 0 Å². The minimum atomic E-state index is -1.92. The van der Waals surface area contributed by atoms with E-state index in [4.69, 9.17) is 9.16 Å². The van der Waals surface area contributed by atoms with Crippen LogP contribution in [-0.2, 0) is 18.8 Å². The summed E-state index contributed by atoms with van der Waals surface area (Å²) in [5.74, 6) is 1.78. The molecule has 3 aliphatic rings. The Morgan fingerprint density at radius 3 is 1.51 bits per heavy atom. The summed E-state index contributed by atoms with van der Waals surface area (Å²) < 4.78 is 15.0. The number of carbonyl (C=O) groups excluding carboxylic acids is 2. The standard InChI is InChI=1S/C24H34N6O2Si.C18H20N6O2.C4H8O.ClH/c1-24(2,3)33(5,6)32-18-10-11-22(25-16-18)27-23(31)30-14-12-29(13-15-30)21-9-7-8-20-19(21)17-26-28(20)4;1-22-15-3-2-4-16(14(15)12-20-22)23-7-9-24(10-8-23)18(26)21-17-6-5-13(25)11-19-17;1-2-4-5-3-1;/h7-11,16-17H,12-15H2,1-6H3,(H,25,27,31);2-6,11-12,25H,7-10H2,1H3,(H,19,21,26);1-4H2;1H. The van der Waals surface area contributed by atoms with Crippen molar-refractivity contribution in [3.8, 4) is 11.5 Å². The number of aryl methyl sites for hydroxylation is 2. The van der Waals surface area contributed by atoms with Crippen LogP contribution in [0.25, 0.3) is 21.8 Å². The summed E-state index contributed by atoms with van der Waals surface area (Å²) in [5, 5.41) is 26.0. The molecule has 3 aliphatic heterocycles. The van der Waals surface area contributed by atoms with E-state index in [9.17, 15) is 14.7 Å². The van der Waals surface area contributed by atoms with Crippen LogP contribution >= 0.6 is 12.4 Å². The molecule has 4 aromatic heterocycles. The fourth-order valence-corrected chi connectivity index (χ4v) is 8.50. The van der Waals surface area contributed by atoms with Gasteiger partial charge in [-0.15, -0.1) is 12.4 Å². The molecular weight excluding hydrogens is 864 g/mol. The number of nitrogens with one attached hydrogen (secondary N) is 2. The number of piperazine rings is 2. The fourth-order valence-electron chi connectivity index (χ4n) is 7.49. The maximum absolute atomic E-state index is 12.8. The minimum Gasteiger partial charge on any atom is -0.542 e. The molecule has 0 aliphatic carbocycles. The van der Waals surface area contributed by atoms with Gasteiger partial charge in [-0.05, 0) is 79.5 Å². The summed E-state index contributed by atoms with van der Waals surface area (Å²) in [7, 11) is 1.97. The van der Waals surface area contributed by atoms with Gasteiger partial charge in [-0.2, -0.15) is 10.2 Å². The van der Waals surface area contributed by atoms with Crippen molar-refractivity contribution >= 4 is 77.6 Å². The molecule has 3 N–H and O–H groups in total. The first kappa shape index (κ1) is 48.3. The number of ether oxygens (including phenoxy) is 1. The Morgan fingerprint density at radius 2 is 1.12 bits per heavy atom. The van der Waals surface area contributed by atoms with E-state index in [2.05, 4.69) is 105 Å². The van der Waals surface area contributed by atoms with E-state index in [1.807, 2.05) is 52.9 Å². The van der Waals surface area contributed by atoms with E-state index >= 15 is 0 Å². The lowest BCUT2D eigenvalue weighted by atomic mass is 10.2. The molecule has 2 aromatic carbocycles. The average Bonchev–Trinajstić information content (AvgIpc) is 4.09. The lowest BCUT2D eigenvalue weighted by Crippen LogP contribution is -2.50. The highest BCUT2D eigenvalue weighted by Crippen LogP contribution is 2.37. The van der Waals surface area contributed by atoms with Crippen LogP contribution < -0.4 is 24.9 Å². The Hall–Kier alpha value is -6.11. The second-order valence-corrected chi connectivity index (χ2v) is 22.5. The first-order chi connectivity index (χ1) is 30.7. The molecule has 7 heterocycles. The largest absolute Gasteiger partial charge is 0.542 e. The number of benzene rings is 2. The Balaban J connectivity index is 0.000000195. The monoisotopic (exact) mass is 926 g/mol. The second kappa shape index (κ2) is 21.3. The van der Waals surface area contributed by atoms with Gasteiger partial charge in [0.25, 0.3) is 8.32 Å². The molecule has 0 unspecified atom stereocenters. The zero-order valence-corrected chi connectivity index (χ0v) is 40.3. The van der Waals surface area contributed by atoms with Gasteiger partial charge in [0, 0.05) is 102 Å². The maximum Gasteiger partial charge on any atom is 0.323 e. The molecule has 348 valence electrons. The number of fused-ring (bicyclic) bond motifs is 2. The summed E-state index contributed by atoms with van der Waals surface area (Å²) >= 11 is 0. The number of nitrogens with zero attached hydrogens (tertiary/aromatic N) is 10. The summed E-state index contributed by atoms with van der Waals surface area (Å²) in [5.41, 5.74) is 4.52. The lowest BCUT2D eigenvalue weighted by molar-refractivity contribution is 0.198. The van der Waals surface area contributed by atoms with Crippen LogP contribution in [0.4, 0.5) is 32.6 Å². The van der Waals surface area contributed by atoms with Gasteiger partial charge in [-0.3, -0.25) is 20.0 Å². The van der Waals surface area contributed by atoms with Gasteiger partial charge in [0.1, 0.15) is 23.1 Å². The number of urea groups is 2. The summed E-state index contributed by atoms with van der Waals surface area (Å²) in [4.78, 5) is 41.8. The third-order valence-corrected chi connectivity index (χ3v) is 16.7. The summed E-state index contributed by atoms with van der Waals surface area (Å²) in [6.45, 7) is 18.6. The normalized spacial score (nSPS) is 15.4. The van der Waals surface area contributed by atoms with Gasteiger partial charge in [0.05, 0.1) is 35.8 Å². The molecule has 4 amide bonds. The Labute approximate surface area is 388 Å². The summed E-state index contributed by atoms with van der Waals surface area (Å²) in [6, 6.07) is 18.9. The molecule has 17 nitrogen and oxygen atoms in total. The van der Waals surface area contributed by atoms with E-state index < -0.39 is 8.32 Å². The van der Waals surface area contributed by atoms with Gasteiger partial charge in [0.15, 0.2) is 0 Å². The highest BCUT2D eigenvalue weighted by molar-refractivity contribution is 6.74. The predicted octanol–water partition coefficient (Wildman–Crippen LogP) is 7.95. The third kappa shape index (κ3) is 12.0. The zero-order valence-electron chi connectivity index (χ0n) is 38.5. The molecule has 9 rings (SSSR count). The van der Waals surface area contributed by atoms with Crippen LogP contribution in [0.1, 0.15) is 33.6 Å². The number of anilines is 4. The van der Waals surface area contributed by atoms with Gasteiger partial charge in [-0.1, -0.05) is 32.9 Å². The Morgan fingerprint density at radius 1 is 0.662 bits per heavy atom. The predicted molar refractivity (Wildman–Crippen MR) is 262 cm³/mol. The number of rotatable bonds is 6. The first-order valence-corrected chi connectivity index (χ1v) is 24.9. The highest BCUT2D eigenvalue weighted by atomic mass is 35.5. The van der Waals surface area contributed by atoms with Crippen molar-refractivity contribution in [1.29, 1.82) is 0 Å². The molecule has 0 atom stereocenters. The molecule has 3 fully saturated rings. The number of carbonyl (C=O) groups is 2. The molecule has 3 saturated heterocycles. The number of aromatic nitrogens is 6. The van der Waals surface area contributed by atoms with E-state index in [0.717, 1.165) is 72.6 Å². The van der Waals surface area contributed by atoms with Crippen molar-refractivity contribution in [1.82, 2.24) is 39.3 Å². The van der Waals surface area contributed by atoms with Gasteiger partial charge >= 0.3 is 12.1 Å². The van der Waals surface area contributed by atoms with E-state index in [1.54, 1.807) is 23.2 Å². The number of pyridine rings is 2. The van der Waals surface area contributed by atoms with Crippen molar-refractivity contribution in [3.05, 3.63) is 85.5 Å². The van der Waals surface area contributed by atoms with E-state index in [1.165, 1.54) is 30.8 Å². The molecule has 65 heavy (non-hydrogen) atoms. The van der Waals surface area contributed by atoms with Crippen LogP contribution in [-0.4, -0.2) is 130 Å². The van der Waals surface area contributed by atoms with Crippen LogP contribution in [0.5, 0.6) is 11.5 Å². The van der Waals surface area contributed by atoms with E-state index in [0.29, 0.717) is 37.8 Å². The van der Waals surface area contributed by atoms with Crippen LogP contribution in [0, 0.1) is 0 Å². The molecular formula is C46H63ClN12O5Si. The van der Waals surface area contributed by atoms with Crippen molar-refractivity contribution < 1.29 is 23.9 Å². The third-order valence-electron chi connectivity index (χ3n) is 12.3. The number of halogens is 1. The average molecular weight is 928 g/mol. The molecule has 6 aromatic rings. The molecule has 0 saturated carbocycles. The number of aromatic hydroxyl groups is 1. The quantitative estimate of drug-likeness (QED) is 0.139. The lowest BCUT2D eigenvalue weighted by Gasteiger charge is -2.36. The highest BCUT2D eigenvalue weighted by Gasteiger charge is 2.39. The molecule has 0 spiro atoms. The molecule has 19 heteroatoms. The number of hydrogen-bond donors (Lipinski definition) is 3. The minimum absolute atomic E-state index is 0. The van der Waals surface area contributed by atoms with Gasteiger partial charge in [-0.25, -0.2) is 19.6 Å². The first-order valence-electron chi connectivity index (χ1n) is 22.0. The van der Waals surface area contributed by atoms with Crippen LogP contribution in [0.3, 0.4) is 0 Å². The van der Waals surface area contributed by atoms with Crippen molar-refractivity contribution in [2.75, 3.05) is 86.0 Å². The SMILES string of the molecule is C1CCOC1.Cl.Cn1ncc2c(N3CCN(C(=O)Nc4ccc(O)cn4)CC3)cccc21.Cn1ncc2c(N3CCN(C(=O)Nc4ccc(O[Si](C)(C)C(C)(C)C)cn4)CC3)cccc21. The van der Waals surface area contributed by atoms with Crippen LogP contribution in [0.2, 0.25) is 18.1 Å². The topological polar surface area (TPSA) is 171 Å².